The molecule has 152 valence electrons. The van der Waals surface area contributed by atoms with E-state index in [0.29, 0.717) is 11.1 Å². The van der Waals surface area contributed by atoms with Crippen molar-refractivity contribution in [3.8, 4) is 0 Å². The lowest BCUT2D eigenvalue weighted by Crippen LogP contribution is -2.35. The van der Waals surface area contributed by atoms with Crippen LogP contribution in [0.5, 0.6) is 0 Å². The number of nitrogens with zero attached hydrogens (tertiary/aromatic N) is 5. The molecule has 2 heterocycles. The lowest BCUT2D eigenvalue weighted by Gasteiger charge is -2.22. The summed E-state index contributed by atoms with van der Waals surface area (Å²) < 4.78 is 12.8. The summed E-state index contributed by atoms with van der Waals surface area (Å²) in [7, 11) is 1.53. The molecule has 2 aromatic rings. The highest BCUT2D eigenvalue weighted by Crippen LogP contribution is 2.35. The Balaban J connectivity index is 1.86. The Bertz CT molecular complexity index is 986. The Morgan fingerprint density at radius 3 is 2.79 bits per heavy atom. The highest BCUT2D eigenvalue weighted by Gasteiger charge is 2.43. The smallest absolute Gasteiger partial charge is 0.351 e. The Morgan fingerprint density at radius 2 is 2.14 bits per heavy atom. The maximum absolute atomic E-state index is 12.7. The van der Waals surface area contributed by atoms with Crippen LogP contribution < -0.4 is 11.0 Å². The number of hydrogen-bond donors (Lipinski definition) is 1. The predicted octanol–water partition coefficient (Wildman–Crippen LogP) is 2.66. The second kappa shape index (κ2) is 8.87. The maximum atomic E-state index is 12.7. The number of aromatic nitrogens is 2. The molecule has 1 aromatic heterocycles. The third-order valence-corrected chi connectivity index (χ3v) is 4.97. The van der Waals surface area contributed by atoms with Crippen molar-refractivity contribution in [2.45, 2.75) is 32.3 Å². The molecule has 29 heavy (non-hydrogen) atoms. The molecule has 1 aliphatic heterocycles. The van der Waals surface area contributed by atoms with Crippen molar-refractivity contribution in [3.05, 3.63) is 68.6 Å². The molecule has 10 nitrogen and oxygen atoms in total. The molecule has 1 saturated heterocycles. The van der Waals surface area contributed by atoms with Gasteiger partial charge in [-0.1, -0.05) is 30.2 Å². The zero-order chi connectivity index (χ0) is 21.0. The topological polar surface area (TPSA) is 131 Å². The number of methoxy groups -OCH3 is 1. The van der Waals surface area contributed by atoms with E-state index in [9.17, 15) is 9.59 Å². The van der Waals surface area contributed by atoms with Crippen LogP contribution in [-0.4, -0.2) is 41.3 Å². The fourth-order valence-electron chi connectivity index (χ4n) is 3.38. The van der Waals surface area contributed by atoms with Gasteiger partial charge in [0, 0.05) is 35.3 Å². The summed E-state index contributed by atoms with van der Waals surface area (Å²) in [5.74, 6) is -0.265. The van der Waals surface area contributed by atoms with E-state index in [1.54, 1.807) is 37.4 Å². The van der Waals surface area contributed by atoms with E-state index in [4.69, 9.17) is 15.0 Å². The number of azide groups is 1. The first-order valence-electron chi connectivity index (χ1n) is 9.11. The number of rotatable bonds is 6. The monoisotopic (exact) mass is 398 g/mol. The van der Waals surface area contributed by atoms with Gasteiger partial charge in [0.25, 0.3) is 5.91 Å². The van der Waals surface area contributed by atoms with E-state index in [1.807, 2.05) is 13.0 Å². The minimum Gasteiger partial charge on any atom is -0.376 e. The second-order valence-electron chi connectivity index (χ2n) is 6.82. The first-order valence-corrected chi connectivity index (χ1v) is 9.11. The fourth-order valence-corrected chi connectivity index (χ4v) is 3.38. The van der Waals surface area contributed by atoms with E-state index < -0.39 is 18.0 Å². The average Bonchev–Trinajstić information content (AvgIpc) is 3.04. The number of hydrogen-bond acceptors (Lipinski definition) is 6. The highest BCUT2D eigenvalue weighted by atomic mass is 16.6. The molecule has 3 rings (SSSR count). The molecule has 0 bridgehead atoms. The molecule has 0 spiro atoms. The van der Waals surface area contributed by atoms with Gasteiger partial charge in [0.15, 0.2) is 6.23 Å². The summed E-state index contributed by atoms with van der Waals surface area (Å²) in [6.45, 7) is 3.78. The summed E-state index contributed by atoms with van der Waals surface area (Å²) in [5.41, 5.74) is 9.04. The second-order valence-corrected chi connectivity index (χ2v) is 6.82. The van der Waals surface area contributed by atoms with Gasteiger partial charge >= 0.3 is 5.69 Å². The molecule has 1 amide bonds. The number of nitrogens with one attached hydrogen (secondary N) is 1. The first-order chi connectivity index (χ1) is 14.0. The number of carbonyl (C=O) groups is 1. The maximum Gasteiger partial charge on any atom is 0.351 e. The van der Waals surface area contributed by atoms with Crippen molar-refractivity contribution in [1.82, 2.24) is 9.55 Å². The van der Waals surface area contributed by atoms with Crippen LogP contribution in [0.4, 0.5) is 5.82 Å². The minimum absolute atomic E-state index is 0.0971. The molecule has 1 aromatic carbocycles. The van der Waals surface area contributed by atoms with Crippen LogP contribution >= 0.6 is 0 Å². The van der Waals surface area contributed by atoms with Crippen LogP contribution in [0.15, 0.2) is 46.4 Å². The minimum atomic E-state index is -0.716. The molecule has 1 aliphatic rings. The van der Waals surface area contributed by atoms with Gasteiger partial charge in [-0.25, -0.2) is 4.79 Å². The van der Waals surface area contributed by atoms with Gasteiger partial charge in [0.1, 0.15) is 11.9 Å². The van der Waals surface area contributed by atoms with E-state index in [-0.39, 0.29) is 30.3 Å². The van der Waals surface area contributed by atoms with Crippen molar-refractivity contribution >= 4 is 11.7 Å². The summed E-state index contributed by atoms with van der Waals surface area (Å²) in [4.78, 5) is 31.8. The highest BCUT2D eigenvalue weighted by molar-refractivity contribution is 6.03. The molecular weight excluding hydrogens is 376 g/mol. The molecular formula is C19H22N6O4. The molecule has 0 saturated carbocycles. The Morgan fingerprint density at radius 1 is 1.41 bits per heavy atom. The SMILES string of the molecule is COC1C(n2cc(C)c(NC(=O)c3ccccc3)nc2=O)O[C@H](CN=[N+]=[N-])[C@H]1C. The van der Waals surface area contributed by atoms with Crippen LogP contribution in [0.25, 0.3) is 10.4 Å². The van der Waals surface area contributed by atoms with Gasteiger partial charge in [-0.2, -0.15) is 4.98 Å². The van der Waals surface area contributed by atoms with Crippen LogP contribution in [0, 0.1) is 12.8 Å². The number of anilines is 1. The summed E-state index contributed by atoms with van der Waals surface area (Å²) in [6.07, 6.45) is 0.0597. The Labute approximate surface area is 167 Å². The lowest BCUT2D eigenvalue weighted by atomic mass is 10.0. The fraction of sp³-hybridized carbons (Fsp3) is 0.421. The number of ether oxygens (including phenoxy) is 2. The molecule has 1 N–H and O–H groups in total. The van der Waals surface area contributed by atoms with E-state index >= 15 is 0 Å². The zero-order valence-electron chi connectivity index (χ0n) is 16.3. The van der Waals surface area contributed by atoms with Crippen molar-refractivity contribution in [1.29, 1.82) is 0 Å². The molecule has 0 radical (unpaired) electrons. The third-order valence-electron chi connectivity index (χ3n) is 4.97. The normalized spacial score (nSPS) is 23.4. The zero-order valence-corrected chi connectivity index (χ0v) is 16.3. The average molecular weight is 398 g/mol. The summed E-state index contributed by atoms with van der Waals surface area (Å²) in [6, 6.07) is 8.66. The number of benzene rings is 1. The van der Waals surface area contributed by atoms with Gasteiger partial charge in [-0.15, -0.1) is 0 Å². The van der Waals surface area contributed by atoms with E-state index in [1.165, 1.54) is 11.7 Å². The van der Waals surface area contributed by atoms with Crippen molar-refractivity contribution < 1.29 is 14.3 Å². The summed E-state index contributed by atoms with van der Waals surface area (Å²) >= 11 is 0. The Hall–Kier alpha value is -3.20. The molecule has 0 aliphatic carbocycles. The quantitative estimate of drug-likeness (QED) is 0.454. The number of aryl methyl sites for hydroxylation is 1. The van der Waals surface area contributed by atoms with Crippen LogP contribution in [0.1, 0.15) is 29.1 Å². The van der Waals surface area contributed by atoms with Gasteiger partial charge in [-0.05, 0) is 24.6 Å². The first kappa shape index (κ1) is 20.5. The largest absolute Gasteiger partial charge is 0.376 e. The molecule has 4 atom stereocenters. The predicted molar refractivity (Wildman–Crippen MR) is 106 cm³/mol. The van der Waals surface area contributed by atoms with Gasteiger partial charge < -0.3 is 14.8 Å². The molecule has 1 fully saturated rings. The van der Waals surface area contributed by atoms with E-state index in [0.717, 1.165) is 0 Å². The number of amides is 1. The van der Waals surface area contributed by atoms with Crippen molar-refractivity contribution in [3.63, 3.8) is 0 Å². The van der Waals surface area contributed by atoms with Gasteiger partial charge in [0.05, 0.1) is 12.6 Å². The van der Waals surface area contributed by atoms with Crippen molar-refractivity contribution in [2.75, 3.05) is 19.0 Å². The van der Waals surface area contributed by atoms with Crippen LogP contribution in [0.3, 0.4) is 0 Å². The third kappa shape index (κ3) is 4.29. The van der Waals surface area contributed by atoms with Crippen molar-refractivity contribution in [2.24, 2.45) is 11.0 Å². The van der Waals surface area contributed by atoms with Gasteiger partial charge in [-0.3, -0.25) is 9.36 Å². The standard InChI is InChI=1S/C19H22N6O4/c1-11-10-25(18-15(28-3)12(2)14(29-18)9-21-24-20)19(27)23-16(11)22-17(26)13-7-5-4-6-8-13/h4-8,10,12,14-15,18H,9H2,1-3H3,(H,22,23,26,27)/t12-,14-,15?,18?/m1/s1. The lowest BCUT2D eigenvalue weighted by molar-refractivity contribution is -0.0506. The summed E-state index contributed by atoms with van der Waals surface area (Å²) in [5, 5.41) is 6.23. The van der Waals surface area contributed by atoms with Gasteiger partial charge in [0.2, 0.25) is 0 Å². The Kier molecular flexibility index (Phi) is 6.28. The van der Waals surface area contributed by atoms with E-state index in [2.05, 4.69) is 20.3 Å². The van der Waals surface area contributed by atoms with Crippen LogP contribution in [-0.2, 0) is 9.47 Å². The molecule has 10 heteroatoms. The van der Waals surface area contributed by atoms with Crippen LogP contribution in [0.2, 0.25) is 0 Å². The number of carbonyl (C=O) groups excluding carboxylic acids is 1. The molecule has 2 unspecified atom stereocenters.